The Morgan fingerprint density at radius 1 is 0.339 bits per heavy atom. The highest BCUT2D eigenvalue weighted by Gasteiger charge is 2.38. The Hall–Kier alpha value is -6.64. The summed E-state index contributed by atoms with van der Waals surface area (Å²) in [6, 6.07) is 67.7. The molecule has 0 spiro atoms. The van der Waals surface area contributed by atoms with Crippen LogP contribution in [0.4, 0.5) is 34.1 Å². The summed E-state index contributed by atoms with van der Waals surface area (Å²) >= 11 is 0. The molecule has 1 aliphatic carbocycles. The van der Waals surface area contributed by atoms with E-state index in [2.05, 4.69) is 219 Å². The number of hydrogen-bond acceptors (Lipinski definition) is 2. The highest BCUT2D eigenvalue weighted by molar-refractivity contribution is 6.25. The van der Waals surface area contributed by atoms with Crippen LogP contribution in [0.1, 0.15) is 49.9 Å². The van der Waals surface area contributed by atoms with Crippen LogP contribution in [0.25, 0.3) is 43.4 Å². The monoisotopic (exact) mass is 718 g/mol. The van der Waals surface area contributed by atoms with Crippen molar-refractivity contribution in [1.82, 2.24) is 0 Å². The first-order chi connectivity index (χ1) is 27.3. The third kappa shape index (κ3) is 4.62. The third-order valence-corrected chi connectivity index (χ3v) is 12.8. The highest BCUT2D eigenvalue weighted by atomic mass is 15.2. The van der Waals surface area contributed by atoms with Crippen molar-refractivity contribution < 1.29 is 0 Å². The van der Waals surface area contributed by atoms with Gasteiger partial charge in [0, 0.05) is 33.6 Å². The molecule has 2 aliphatic rings. The van der Waals surface area contributed by atoms with Gasteiger partial charge in [0.25, 0.3) is 0 Å². The highest BCUT2D eigenvalue weighted by Crippen LogP contribution is 2.55. The van der Waals surface area contributed by atoms with Gasteiger partial charge < -0.3 is 9.80 Å². The molecule has 0 N–H and O–H groups in total. The molecule has 0 aromatic heterocycles. The predicted octanol–water partition coefficient (Wildman–Crippen LogP) is 15.0. The largest absolute Gasteiger partial charge is 0.310 e. The molecule has 0 amide bonds. The molecule has 2 heteroatoms. The Bertz CT molecular complexity index is 3010. The summed E-state index contributed by atoms with van der Waals surface area (Å²) in [5.41, 5.74) is 14.7. The molecule has 11 rings (SSSR count). The Labute approximate surface area is 328 Å². The SMILES string of the molecule is CC1(C)c2ccccc2-c2ccc(N(c3ccc4c(c3)C(C)(C)c3ccccc3N4c3ccccc3)c3ccc4c5ccccc5c5ccccc5c4c3)cc21. The molecule has 0 fully saturated rings. The molecule has 2 nitrogen and oxygen atoms in total. The van der Waals surface area contributed by atoms with Crippen LogP contribution in [0.5, 0.6) is 0 Å². The van der Waals surface area contributed by atoms with Crippen molar-refractivity contribution in [3.63, 3.8) is 0 Å². The Morgan fingerprint density at radius 3 is 1.52 bits per heavy atom. The van der Waals surface area contributed by atoms with Gasteiger partial charge in [-0.3, -0.25) is 0 Å². The zero-order valence-electron chi connectivity index (χ0n) is 32.2. The fourth-order valence-corrected chi connectivity index (χ4v) is 10.00. The molecule has 0 atom stereocenters. The van der Waals surface area contributed by atoms with Crippen LogP contribution in [0.3, 0.4) is 0 Å². The quantitative estimate of drug-likeness (QED) is 0.167. The molecule has 56 heavy (non-hydrogen) atoms. The lowest BCUT2D eigenvalue weighted by Crippen LogP contribution is -2.31. The lowest BCUT2D eigenvalue weighted by molar-refractivity contribution is 0.632. The van der Waals surface area contributed by atoms with Crippen LogP contribution in [0.15, 0.2) is 182 Å². The van der Waals surface area contributed by atoms with Gasteiger partial charge in [0.1, 0.15) is 0 Å². The van der Waals surface area contributed by atoms with Crippen molar-refractivity contribution >= 4 is 66.4 Å². The summed E-state index contributed by atoms with van der Waals surface area (Å²) in [5, 5.41) is 7.67. The van der Waals surface area contributed by atoms with Gasteiger partial charge in [-0.1, -0.05) is 149 Å². The van der Waals surface area contributed by atoms with Crippen LogP contribution >= 0.6 is 0 Å². The third-order valence-electron chi connectivity index (χ3n) is 12.8. The van der Waals surface area contributed by atoms with E-state index in [1.807, 2.05) is 0 Å². The number of hydrogen-bond donors (Lipinski definition) is 0. The number of fused-ring (bicyclic) bond motifs is 11. The van der Waals surface area contributed by atoms with Gasteiger partial charge >= 0.3 is 0 Å². The zero-order valence-corrected chi connectivity index (χ0v) is 32.2. The van der Waals surface area contributed by atoms with Crippen LogP contribution in [-0.2, 0) is 10.8 Å². The first-order valence-corrected chi connectivity index (χ1v) is 19.8. The van der Waals surface area contributed by atoms with Gasteiger partial charge in [-0.25, -0.2) is 0 Å². The molecular formula is C54H42N2. The number of rotatable bonds is 4. The van der Waals surface area contributed by atoms with Crippen LogP contribution in [0.2, 0.25) is 0 Å². The molecule has 9 aromatic rings. The Morgan fingerprint density at radius 2 is 0.804 bits per heavy atom. The maximum Gasteiger partial charge on any atom is 0.0504 e. The standard InChI is InChI=1S/C54H42N2/c1-53(2)47-23-13-12-22-44(47)45-30-27-37(33-49(45)53)55(36-26-29-43-41-20-9-8-18-39(41)40-19-10-11-21-42(40)46(43)32-36)38-28-31-52-50(34-38)54(3,4)48-24-14-15-25-51(48)56(52)35-16-6-5-7-17-35/h5-34H,1-4H3. The maximum atomic E-state index is 2.49. The maximum absolute atomic E-state index is 2.49. The smallest absolute Gasteiger partial charge is 0.0504 e. The summed E-state index contributed by atoms with van der Waals surface area (Å²) < 4.78 is 0. The van der Waals surface area contributed by atoms with E-state index in [1.165, 1.54) is 77.1 Å². The summed E-state index contributed by atoms with van der Waals surface area (Å²) in [6.45, 7) is 9.50. The second kappa shape index (κ2) is 11.9. The average Bonchev–Trinajstić information content (AvgIpc) is 3.47. The molecule has 0 radical (unpaired) electrons. The first-order valence-electron chi connectivity index (χ1n) is 19.8. The van der Waals surface area contributed by atoms with Gasteiger partial charge in [0.15, 0.2) is 0 Å². The van der Waals surface area contributed by atoms with Crippen molar-refractivity contribution in [2.75, 3.05) is 9.80 Å². The number of benzene rings is 9. The summed E-state index contributed by atoms with van der Waals surface area (Å²) in [4.78, 5) is 4.93. The minimum Gasteiger partial charge on any atom is -0.310 e. The lowest BCUT2D eigenvalue weighted by Gasteiger charge is -2.42. The van der Waals surface area contributed by atoms with Gasteiger partial charge in [-0.2, -0.15) is 0 Å². The van der Waals surface area contributed by atoms with Crippen LogP contribution < -0.4 is 9.80 Å². The predicted molar refractivity (Wildman–Crippen MR) is 238 cm³/mol. The summed E-state index contributed by atoms with van der Waals surface area (Å²) in [5.74, 6) is 0. The molecule has 1 heterocycles. The minimum atomic E-state index is -0.237. The number of anilines is 6. The topological polar surface area (TPSA) is 6.48 Å². The van der Waals surface area contributed by atoms with Crippen LogP contribution in [-0.4, -0.2) is 0 Å². The van der Waals surface area contributed by atoms with Gasteiger partial charge in [-0.15, -0.1) is 0 Å². The summed E-state index contributed by atoms with van der Waals surface area (Å²) in [6.07, 6.45) is 0. The van der Waals surface area contributed by atoms with E-state index in [-0.39, 0.29) is 10.8 Å². The fraction of sp³-hybridized carbons (Fsp3) is 0.111. The van der Waals surface area contributed by atoms with E-state index < -0.39 is 0 Å². The molecule has 0 bridgehead atoms. The molecular weight excluding hydrogens is 677 g/mol. The van der Waals surface area contributed by atoms with Gasteiger partial charge in [0.2, 0.25) is 0 Å². The minimum absolute atomic E-state index is 0.121. The van der Waals surface area contributed by atoms with E-state index in [0.717, 1.165) is 22.7 Å². The van der Waals surface area contributed by atoms with Crippen molar-refractivity contribution in [2.45, 2.75) is 38.5 Å². The van der Waals surface area contributed by atoms with Crippen molar-refractivity contribution in [3.05, 3.63) is 204 Å². The molecule has 0 unspecified atom stereocenters. The van der Waals surface area contributed by atoms with Crippen LogP contribution in [0, 0.1) is 0 Å². The van der Waals surface area contributed by atoms with E-state index in [1.54, 1.807) is 0 Å². The fourth-order valence-electron chi connectivity index (χ4n) is 10.00. The van der Waals surface area contributed by atoms with E-state index in [9.17, 15) is 0 Å². The summed E-state index contributed by atoms with van der Waals surface area (Å²) in [7, 11) is 0. The molecule has 9 aromatic carbocycles. The van der Waals surface area contributed by atoms with E-state index in [0.29, 0.717) is 0 Å². The first kappa shape index (κ1) is 32.8. The van der Waals surface area contributed by atoms with E-state index >= 15 is 0 Å². The lowest BCUT2D eigenvalue weighted by atomic mass is 9.73. The van der Waals surface area contributed by atoms with Crippen molar-refractivity contribution in [2.24, 2.45) is 0 Å². The van der Waals surface area contributed by atoms with Gasteiger partial charge in [0.05, 0.1) is 11.4 Å². The van der Waals surface area contributed by atoms with Crippen molar-refractivity contribution in [1.29, 1.82) is 0 Å². The number of nitrogens with zero attached hydrogens (tertiary/aromatic N) is 2. The molecule has 0 saturated heterocycles. The second-order valence-electron chi connectivity index (χ2n) is 16.6. The second-order valence-corrected chi connectivity index (χ2v) is 16.6. The Kier molecular flexibility index (Phi) is 6.98. The van der Waals surface area contributed by atoms with Crippen molar-refractivity contribution in [3.8, 4) is 11.1 Å². The normalized spacial score (nSPS) is 14.7. The molecule has 268 valence electrons. The molecule has 1 aliphatic heterocycles. The average molecular weight is 719 g/mol. The Balaban J connectivity index is 1.17. The number of para-hydroxylation sites is 2. The molecule has 0 saturated carbocycles. The van der Waals surface area contributed by atoms with E-state index in [4.69, 9.17) is 0 Å². The zero-order chi connectivity index (χ0) is 37.8. The van der Waals surface area contributed by atoms with Gasteiger partial charge in [-0.05, 0) is 126 Å².